The topological polar surface area (TPSA) is 92.6 Å². The van der Waals surface area contributed by atoms with Crippen molar-refractivity contribution >= 4 is 11.6 Å². The highest BCUT2D eigenvalue weighted by Gasteiger charge is 2.24. The first kappa shape index (κ1) is 16.8. The van der Waals surface area contributed by atoms with Crippen LogP contribution in [-0.4, -0.2) is 37.0 Å². The van der Waals surface area contributed by atoms with E-state index >= 15 is 0 Å². The lowest BCUT2D eigenvalue weighted by molar-refractivity contribution is 0.245. The van der Waals surface area contributed by atoms with Crippen LogP contribution in [-0.2, 0) is 19.5 Å². The van der Waals surface area contributed by atoms with E-state index in [1.54, 1.807) is 12.1 Å². The molecule has 0 bridgehead atoms. The maximum Gasteiger partial charge on any atom is 0.137 e. The summed E-state index contributed by atoms with van der Waals surface area (Å²) < 4.78 is 0. The van der Waals surface area contributed by atoms with Crippen LogP contribution in [0.25, 0.3) is 11.3 Å². The predicted molar refractivity (Wildman–Crippen MR) is 98.3 cm³/mol. The molecule has 0 radical (unpaired) electrons. The molecular formula is C19H18ClN3O3. The minimum Gasteiger partial charge on any atom is -0.508 e. The fourth-order valence-corrected chi connectivity index (χ4v) is 3.47. The number of rotatable bonds is 3. The Bertz CT molecular complexity index is 953. The zero-order chi connectivity index (χ0) is 18.3. The fraction of sp³-hybridized carbons (Fsp3) is 0.211. The average molecular weight is 372 g/mol. The first-order valence-corrected chi connectivity index (χ1v) is 8.67. The van der Waals surface area contributed by atoms with Gasteiger partial charge >= 0.3 is 0 Å². The lowest BCUT2D eigenvalue weighted by atomic mass is 10.00. The van der Waals surface area contributed by atoms with Crippen LogP contribution in [0, 0.1) is 0 Å². The summed E-state index contributed by atoms with van der Waals surface area (Å²) in [5.41, 5.74) is 4.33. The number of halogens is 1. The standard InChI is InChI=1S/C19H18ClN3O3/c20-15-7-13(17(25)8-18(15)26)19-14-10-23(6-5-16(14)21-22-19)9-11-1-3-12(24)4-2-11/h1-4,7-8,24-26H,5-6,9-10H2,(H,21,22). The third-order valence-electron chi connectivity index (χ3n) is 4.68. The highest BCUT2D eigenvalue weighted by molar-refractivity contribution is 6.32. The molecule has 6 nitrogen and oxygen atoms in total. The van der Waals surface area contributed by atoms with E-state index in [0.717, 1.165) is 36.3 Å². The summed E-state index contributed by atoms with van der Waals surface area (Å²) >= 11 is 6.00. The van der Waals surface area contributed by atoms with Crippen molar-refractivity contribution in [1.29, 1.82) is 0 Å². The zero-order valence-corrected chi connectivity index (χ0v) is 14.7. The van der Waals surface area contributed by atoms with Crippen molar-refractivity contribution in [2.75, 3.05) is 6.54 Å². The Hall–Kier alpha value is -2.70. The number of H-pyrrole nitrogens is 1. The Kier molecular flexibility index (Phi) is 4.22. The quantitative estimate of drug-likeness (QED) is 0.566. The Morgan fingerprint density at radius 2 is 1.85 bits per heavy atom. The van der Waals surface area contributed by atoms with Crippen LogP contribution in [0.15, 0.2) is 36.4 Å². The number of phenols is 3. The lowest BCUT2D eigenvalue weighted by Crippen LogP contribution is -2.29. The molecule has 0 fully saturated rings. The Balaban J connectivity index is 1.62. The van der Waals surface area contributed by atoms with Gasteiger partial charge in [-0.25, -0.2) is 0 Å². The van der Waals surface area contributed by atoms with Gasteiger partial charge in [0, 0.05) is 48.9 Å². The molecule has 0 spiro atoms. The van der Waals surface area contributed by atoms with Crippen LogP contribution in [0.4, 0.5) is 0 Å². The van der Waals surface area contributed by atoms with E-state index in [-0.39, 0.29) is 22.3 Å². The summed E-state index contributed by atoms with van der Waals surface area (Å²) in [6.07, 6.45) is 0.826. The highest BCUT2D eigenvalue weighted by Crippen LogP contribution is 2.39. The van der Waals surface area contributed by atoms with Gasteiger partial charge in [-0.2, -0.15) is 5.10 Å². The van der Waals surface area contributed by atoms with Crippen LogP contribution >= 0.6 is 11.6 Å². The van der Waals surface area contributed by atoms with Gasteiger partial charge in [-0.05, 0) is 23.8 Å². The SMILES string of the molecule is Oc1ccc(CN2CCc3[nH]nc(-c4cc(Cl)c(O)cc4O)c3C2)cc1. The number of aromatic hydroxyl groups is 3. The second kappa shape index (κ2) is 6.55. The number of nitrogens with zero attached hydrogens (tertiary/aromatic N) is 2. The van der Waals surface area contributed by atoms with Crippen molar-refractivity contribution in [2.45, 2.75) is 19.5 Å². The molecule has 7 heteroatoms. The van der Waals surface area contributed by atoms with Crippen LogP contribution in [0.5, 0.6) is 17.2 Å². The van der Waals surface area contributed by atoms with E-state index in [1.165, 1.54) is 12.1 Å². The predicted octanol–water partition coefficient (Wildman–Crippen LogP) is 3.41. The van der Waals surface area contributed by atoms with Crippen molar-refractivity contribution in [3.63, 3.8) is 0 Å². The van der Waals surface area contributed by atoms with Gasteiger partial charge in [0.15, 0.2) is 0 Å². The number of fused-ring (bicyclic) bond motifs is 1. The summed E-state index contributed by atoms with van der Waals surface area (Å²) in [5, 5.41) is 36.9. The molecule has 0 atom stereocenters. The number of phenolic OH excluding ortho intramolecular Hbond substituents is 3. The molecule has 3 aromatic rings. The third-order valence-corrected chi connectivity index (χ3v) is 4.98. The van der Waals surface area contributed by atoms with Gasteiger partial charge in [-0.15, -0.1) is 0 Å². The third kappa shape index (κ3) is 3.09. The first-order chi connectivity index (χ1) is 12.5. The van der Waals surface area contributed by atoms with Gasteiger partial charge in [0.05, 0.1) is 5.02 Å². The molecule has 0 unspecified atom stereocenters. The van der Waals surface area contributed by atoms with Crippen LogP contribution in [0.1, 0.15) is 16.8 Å². The average Bonchev–Trinajstić information content (AvgIpc) is 3.03. The minimum absolute atomic E-state index is 0.0585. The lowest BCUT2D eigenvalue weighted by Gasteiger charge is -2.27. The van der Waals surface area contributed by atoms with E-state index in [4.69, 9.17) is 11.6 Å². The number of aromatic amines is 1. The van der Waals surface area contributed by atoms with Crippen LogP contribution in [0.2, 0.25) is 5.02 Å². The zero-order valence-electron chi connectivity index (χ0n) is 13.9. The number of hydrogen-bond donors (Lipinski definition) is 4. The Morgan fingerprint density at radius 3 is 2.62 bits per heavy atom. The van der Waals surface area contributed by atoms with Crippen LogP contribution in [0.3, 0.4) is 0 Å². The van der Waals surface area contributed by atoms with Gasteiger partial charge < -0.3 is 15.3 Å². The Labute approximate surface area is 155 Å². The molecular weight excluding hydrogens is 354 g/mol. The van der Waals surface area contributed by atoms with Crippen molar-refractivity contribution in [3.05, 3.63) is 58.2 Å². The van der Waals surface area contributed by atoms with Gasteiger partial charge in [-0.3, -0.25) is 10.00 Å². The normalized spacial score (nSPS) is 14.3. The summed E-state index contributed by atoms with van der Waals surface area (Å²) in [6, 6.07) is 9.95. The number of benzene rings is 2. The van der Waals surface area contributed by atoms with Gasteiger partial charge in [0.2, 0.25) is 0 Å². The van der Waals surface area contributed by atoms with Crippen molar-refractivity contribution in [3.8, 4) is 28.5 Å². The fourth-order valence-electron chi connectivity index (χ4n) is 3.31. The monoisotopic (exact) mass is 371 g/mol. The number of nitrogens with one attached hydrogen (secondary N) is 1. The minimum atomic E-state index is -0.161. The van der Waals surface area contributed by atoms with E-state index in [1.807, 2.05) is 12.1 Å². The van der Waals surface area contributed by atoms with E-state index in [9.17, 15) is 15.3 Å². The molecule has 2 aromatic carbocycles. The van der Waals surface area contributed by atoms with Gasteiger partial charge in [0.1, 0.15) is 22.9 Å². The van der Waals surface area contributed by atoms with Crippen molar-refractivity contribution in [1.82, 2.24) is 15.1 Å². The summed E-state index contributed by atoms with van der Waals surface area (Å²) in [7, 11) is 0. The highest BCUT2D eigenvalue weighted by atomic mass is 35.5. The molecule has 1 aliphatic rings. The van der Waals surface area contributed by atoms with Crippen molar-refractivity contribution < 1.29 is 15.3 Å². The largest absolute Gasteiger partial charge is 0.508 e. The van der Waals surface area contributed by atoms with Gasteiger partial charge in [0.25, 0.3) is 0 Å². The first-order valence-electron chi connectivity index (χ1n) is 8.29. The summed E-state index contributed by atoms with van der Waals surface area (Å²) in [5.74, 6) is 0.0367. The second-order valence-electron chi connectivity index (χ2n) is 6.48. The van der Waals surface area contributed by atoms with E-state index in [2.05, 4.69) is 15.1 Å². The summed E-state index contributed by atoms with van der Waals surface area (Å²) in [4.78, 5) is 2.28. The molecule has 4 rings (SSSR count). The molecule has 26 heavy (non-hydrogen) atoms. The second-order valence-corrected chi connectivity index (χ2v) is 6.88. The van der Waals surface area contributed by atoms with Gasteiger partial charge in [-0.1, -0.05) is 23.7 Å². The molecule has 2 heterocycles. The Morgan fingerprint density at radius 1 is 1.08 bits per heavy atom. The van der Waals surface area contributed by atoms with Crippen molar-refractivity contribution in [2.24, 2.45) is 0 Å². The molecule has 1 aromatic heterocycles. The maximum absolute atomic E-state index is 10.2. The molecule has 0 amide bonds. The smallest absolute Gasteiger partial charge is 0.137 e. The molecule has 134 valence electrons. The molecule has 0 aliphatic carbocycles. The van der Waals surface area contributed by atoms with Crippen LogP contribution < -0.4 is 0 Å². The molecule has 1 aliphatic heterocycles. The molecule has 0 saturated carbocycles. The molecule has 4 N–H and O–H groups in total. The number of hydrogen-bond acceptors (Lipinski definition) is 5. The summed E-state index contributed by atoms with van der Waals surface area (Å²) in [6.45, 7) is 2.32. The maximum atomic E-state index is 10.2. The molecule has 0 saturated heterocycles. The van der Waals surface area contributed by atoms with E-state index < -0.39 is 0 Å². The van der Waals surface area contributed by atoms with E-state index in [0.29, 0.717) is 17.8 Å². The number of aromatic nitrogens is 2.